The van der Waals surface area contributed by atoms with Gasteiger partial charge in [0.1, 0.15) is 17.8 Å². The molecule has 0 fully saturated rings. The predicted octanol–water partition coefficient (Wildman–Crippen LogP) is 5.69. The van der Waals surface area contributed by atoms with Gasteiger partial charge in [0.25, 0.3) is 5.91 Å². The van der Waals surface area contributed by atoms with Crippen molar-refractivity contribution in [2.45, 2.75) is 64.9 Å². The molecule has 0 N–H and O–H groups in total. The van der Waals surface area contributed by atoms with Gasteiger partial charge in [-0.15, -0.1) is 0 Å². The van der Waals surface area contributed by atoms with E-state index in [4.69, 9.17) is 14.2 Å². The van der Waals surface area contributed by atoms with Crippen molar-refractivity contribution < 1.29 is 33.4 Å². The minimum Gasteiger partial charge on any atom is -0.457 e. The number of carbonyl (C=O) groups is 4. The molecule has 10 heteroatoms. The summed E-state index contributed by atoms with van der Waals surface area (Å²) in [5.41, 5.74) is -2.57. The van der Waals surface area contributed by atoms with Crippen molar-refractivity contribution in [3.63, 3.8) is 0 Å². The fourth-order valence-corrected chi connectivity index (χ4v) is 5.05. The zero-order valence-electron chi connectivity index (χ0n) is 22.7. The molecule has 2 aliphatic rings. The van der Waals surface area contributed by atoms with Crippen LogP contribution < -0.4 is 4.90 Å². The smallest absolute Gasteiger partial charge is 0.421 e. The summed E-state index contributed by atoms with van der Waals surface area (Å²) < 4.78 is 17.6. The van der Waals surface area contributed by atoms with Gasteiger partial charge in [0.05, 0.1) is 11.3 Å². The SMILES string of the molecule is CC(C)(C)OC(=O)N1C(=O)C2(C(C(=O)OCc3ccccc3)=CCN2C(=O)OC(C)(C)C)c2cc(I)ccc21. The number of fused-ring (bicyclic) bond motifs is 2. The molecular formula is C29H31IN2O7. The number of anilines is 1. The van der Waals surface area contributed by atoms with E-state index in [1.165, 1.54) is 11.0 Å². The second-order valence-electron chi connectivity index (χ2n) is 11.3. The Labute approximate surface area is 241 Å². The van der Waals surface area contributed by atoms with Crippen molar-refractivity contribution in [3.8, 4) is 0 Å². The van der Waals surface area contributed by atoms with Gasteiger partial charge in [0, 0.05) is 15.7 Å². The number of nitrogens with zero attached hydrogens (tertiary/aromatic N) is 2. The van der Waals surface area contributed by atoms with Crippen LogP contribution in [0, 0.1) is 3.57 Å². The van der Waals surface area contributed by atoms with Crippen LogP contribution in [-0.4, -0.2) is 46.7 Å². The van der Waals surface area contributed by atoms with Crippen molar-refractivity contribution >= 4 is 52.3 Å². The number of ether oxygens (including phenoxy) is 3. The molecule has 3 amide bonds. The number of carbonyl (C=O) groups excluding carboxylic acids is 4. The fraction of sp³-hybridized carbons (Fsp3) is 0.379. The molecule has 9 nitrogen and oxygen atoms in total. The van der Waals surface area contributed by atoms with Crippen molar-refractivity contribution in [2.75, 3.05) is 11.4 Å². The average molecular weight is 646 g/mol. The summed E-state index contributed by atoms with van der Waals surface area (Å²) in [6.07, 6.45) is -0.245. The second kappa shape index (κ2) is 10.3. The molecule has 0 saturated heterocycles. The number of hydrogen-bond donors (Lipinski definition) is 0. The highest BCUT2D eigenvalue weighted by Gasteiger charge is 2.65. The van der Waals surface area contributed by atoms with Gasteiger partial charge in [-0.05, 0) is 87.9 Å². The van der Waals surface area contributed by atoms with Gasteiger partial charge in [-0.3, -0.25) is 9.69 Å². The molecule has 1 spiro atoms. The number of esters is 1. The Morgan fingerprint density at radius 3 is 2.15 bits per heavy atom. The van der Waals surface area contributed by atoms with Gasteiger partial charge in [-0.25, -0.2) is 19.3 Å². The number of hydrogen-bond acceptors (Lipinski definition) is 7. The maximum atomic E-state index is 14.4. The summed E-state index contributed by atoms with van der Waals surface area (Å²) in [6, 6.07) is 14.1. The molecule has 2 aromatic rings. The highest BCUT2D eigenvalue weighted by Crippen LogP contribution is 2.52. The maximum absolute atomic E-state index is 14.4. The molecule has 0 aromatic heterocycles. The first-order valence-electron chi connectivity index (χ1n) is 12.4. The van der Waals surface area contributed by atoms with E-state index in [0.717, 1.165) is 14.0 Å². The van der Waals surface area contributed by atoms with Crippen LogP contribution in [-0.2, 0) is 35.9 Å². The van der Waals surface area contributed by atoms with Crippen LogP contribution in [0.25, 0.3) is 0 Å². The molecule has 2 aromatic carbocycles. The Morgan fingerprint density at radius 1 is 0.923 bits per heavy atom. The molecule has 4 rings (SSSR count). The van der Waals surface area contributed by atoms with Crippen LogP contribution >= 0.6 is 22.6 Å². The zero-order valence-corrected chi connectivity index (χ0v) is 24.9. The summed E-state index contributed by atoms with van der Waals surface area (Å²) in [6.45, 7) is 10.0. The third-order valence-electron chi connectivity index (χ3n) is 6.00. The van der Waals surface area contributed by atoms with E-state index in [0.29, 0.717) is 0 Å². The predicted molar refractivity (Wildman–Crippen MR) is 152 cm³/mol. The van der Waals surface area contributed by atoms with Gasteiger partial charge in [-0.1, -0.05) is 36.4 Å². The number of halogens is 1. The van der Waals surface area contributed by atoms with E-state index < -0.39 is 40.8 Å². The third kappa shape index (κ3) is 5.52. The van der Waals surface area contributed by atoms with Gasteiger partial charge in [0.2, 0.25) is 0 Å². The molecule has 1 atom stereocenters. The summed E-state index contributed by atoms with van der Waals surface area (Å²) >= 11 is 2.08. The van der Waals surface area contributed by atoms with Crippen molar-refractivity contribution in [3.05, 3.63) is 74.9 Å². The van der Waals surface area contributed by atoms with Crippen LogP contribution in [0.1, 0.15) is 52.7 Å². The van der Waals surface area contributed by atoms with E-state index in [9.17, 15) is 19.2 Å². The summed E-state index contributed by atoms with van der Waals surface area (Å²) in [4.78, 5) is 57.0. The highest BCUT2D eigenvalue weighted by atomic mass is 127. The van der Waals surface area contributed by atoms with E-state index in [1.807, 2.05) is 30.3 Å². The molecule has 39 heavy (non-hydrogen) atoms. The maximum Gasteiger partial charge on any atom is 0.421 e. The number of rotatable bonds is 3. The summed E-state index contributed by atoms with van der Waals surface area (Å²) in [5.74, 6) is -1.60. The number of imide groups is 1. The largest absolute Gasteiger partial charge is 0.457 e. The molecular weight excluding hydrogens is 615 g/mol. The van der Waals surface area contributed by atoms with Crippen LogP contribution in [0.3, 0.4) is 0 Å². The minimum atomic E-state index is -1.98. The molecule has 2 aliphatic heterocycles. The van der Waals surface area contributed by atoms with Crippen molar-refractivity contribution in [2.24, 2.45) is 0 Å². The molecule has 0 aliphatic carbocycles. The number of benzene rings is 2. The fourth-order valence-electron chi connectivity index (χ4n) is 4.56. The zero-order chi connectivity index (χ0) is 28.8. The first-order valence-corrected chi connectivity index (χ1v) is 13.5. The lowest BCUT2D eigenvalue weighted by atomic mass is 9.84. The minimum absolute atomic E-state index is 0.0390. The Balaban J connectivity index is 1.85. The van der Waals surface area contributed by atoms with Gasteiger partial charge in [0.15, 0.2) is 5.54 Å². The lowest BCUT2D eigenvalue weighted by Gasteiger charge is -2.36. The van der Waals surface area contributed by atoms with Crippen LogP contribution in [0.2, 0.25) is 0 Å². The lowest BCUT2D eigenvalue weighted by Crippen LogP contribution is -2.57. The van der Waals surface area contributed by atoms with Crippen LogP contribution in [0.5, 0.6) is 0 Å². The number of amides is 3. The van der Waals surface area contributed by atoms with E-state index in [-0.39, 0.29) is 30.0 Å². The van der Waals surface area contributed by atoms with Gasteiger partial charge >= 0.3 is 18.2 Å². The normalized spacial score (nSPS) is 18.6. The molecule has 206 valence electrons. The van der Waals surface area contributed by atoms with Gasteiger partial charge in [-0.2, -0.15) is 0 Å². The molecule has 2 heterocycles. The highest BCUT2D eigenvalue weighted by molar-refractivity contribution is 14.1. The molecule has 0 radical (unpaired) electrons. The lowest BCUT2D eigenvalue weighted by molar-refractivity contribution is -0.143. The van der Waals surface area contributed by atoms with Gasteiger partial charge < -0.3 is 14.2 Å². The van der Waals surface area contributed by atoms with E-state index in [2.05, 4.69) is 22.6 Å². The molecule has 0 bridgehead atoms. The van der Waals surface area contributed by atoms with Crippen molar-refractivity contribution in [1.82, 2.24) is 4.90 Å². The first-order chi connectivity index (χ1) is 18.1. The average Bonchev–Trinajstić information content (AvgIpc) is 3.34. The third-order valence-corrected chi connectivity index (χ3v) is 6.67. The molecule has 1 unspecified atom stereocenters. The summed E-state index contributed by atoms with van der Waals surface area (Å²) in [5, 5.41) is 0. The quantitative estimate of drug-likeness (QED) is 0.240. The first kappa shape index (κ1) is 28.6. The van der Waals surface area contributed by atoms with E-state index in [1.54, 1.807) is 59.7 Å². The summed E-state index contributed by atoms with van der Waals surface area (Å²) in [7, 11) is 0. The molecule has 0 saturated carbocycles. The van der Waals surface area contributed by atoms with Crippen LogP contribution in [0.15, 0.2) is 60.2 Å². The van der Waals surface area contributed by atoms with Crippen LogP contribution in [0.4, 0.5) is 15.3 Å². The monoisotopic (exact) mass is 646 g/mol. The topological polar surface area (TPSA) is 102 Å². The second-order valence-corrected chi connectivity index (χ2v) is 12.5. The Bertz CT molecular complexity index is 1360. The van der Waals surface area contributed by atoms with Crippen molar-refractivity contribution in [1.29, 1.82) is 0 Å². The Morgan fingerprint density at radius 2 is 1.54 bits per heavy atom. The van der Waals surface area contributed by atoms with E-state index >= 15 is 0 Å². The standard InChI is InChI=1S/C29H31IN2O7/c1-27(2,3)38-25(35)31-15-14-20(23(33)37-17-18-10-8-7-9-11-18)29(31)21-16-19(30)12-13-22(21)32(24(29)34)26(36)39-28(4,5)6/h7-14,16H,15,17H2,1-6H3. The Kier molecular flexibility index (Phi) is 7.54. The Hall–Kier alpha value is -3.41.